The highest BCUT2D eigenvalue weighted by atomic mass is 35.5. The summed E-state index contributed by atoms with van der Waals surface area (Å²) in [6, 6.07) is 3.31. The van der Waals surface area contributed by atoms with Gasteiger partial charge >= 0.3 is 6.18 Å². The molecule has 1 nitrogen and oxygen atoms in total. The van der Waals surface area contributed by atoms with Gasteiger partial charge in [-0.2, -0.15) is 13.2 Å². The first-order chi connectivity index (χ1) is 6.48. The van der Waals surface area contributed by atoms with Gasteiger partial charge in [-0.3, -0.25) is 0 Å². The third kappa shape index (κ3) is 1.86. The molecular formula is C9H6ClF3O. The number of ether oxygens (including phenoxy) is 1. The quantitative estimate of drug-likeness (QED) is 0.664. The van der Waals surface area contributed by atoms with Crippen molar-refractivity contribution in [2.45, 2.75) is 12.3 Å². The maximum absolute atomic E-state index is 12.2. The molecule has 1 aliphatic rings. The van der Waals surface area contributed by atoms with Crippen molar-refractivity contribution < 1.29 is 17.9 Å². The van der Waals surface area contributed by atoms with E-state index in [9.17, 15) is 13.2 Å². The second-order valence-corrected chi connectivity index (χ2v) is 3.46. The highest BCUT2D eigenvalue weighted by molar-refractivity contribution is 6.31. The summed E-state index contributed by atoms with van der Waals surface area (Å²) in [5.41, 5.74) is -0.105. The van der Waals surface area contributed by atoms with E-state index in [1.54, 1.807) is 0 Å². The van der Waals surface area contributed by atoms with Crippen molar-refractivity contribution in [1.82, 2.24) is 0 Å². The lowest BCUT2D eigenvalue weighted by atomic mass is 10.1. The van der Waals surface area contributed by atoms with Gasteiger partial charge in [-0.05, 0) is 12.1 Å². The van der Waals surface area contributed by atoms with Crippen LogP contribution in [0.3, 0.4) is 0 Å². The van der Waals surface area contributed by atoms with E-state index < -0.39 is 11.7 Å². The van der Waals surface area contributed by atoms with Crippen LogP contribution in [0.1, 0.15) is 17.2 Å². The van der Waals surface area contributed by atoms with Gasteiger partial charge in [0.25, 0.3) is 0 Å². The summed E-state index contributed by atoms with van der Waals surface area (Å²) in [5, 5.41) is 0.113. The Morgan fingerprint density at radius 3 is 2.43 bits per heavy atom. The van der Waals surface area contributed by atoms with Gasteiger partial charge in [0.05, 0.1) is 12.2 Å². The summed E-state index contributed by atoms with van der Waals surface area (Å²) in [7, 11) is 0. The molecule has 0 amide bonds. The topological polar surface area (TPSA) is 12.5 Å². The number of hydrogen-bond donors (Lipinski definition) is 0. The molecule has 0 N–H and O–H groups in total. The van der Waals surface area contributed by atoms with Gasteiger partial charge < -0.3 is 4.74 Å². The molecule has 0 aliphatic carbocycles. The Balaban J connectivity index is 2.35. The Hall–Kier alpha value is -0.740. The smallest absolute Gasteiger partial charge is 0.368 e. The van der Waals surface area contributed by atoms with E-state index in [0.29, 0.717) is 12.2 Å². The second-order valence-electron chi connectivity index (χ2n) is 3.06. The van der Waals surface area contributed by atoms with Crippen molar-refractivity contribution in [3.8, 4) is 0 Å². The average molecular weight is 223 g/mol. The fourth-order valence-corrected chi connectivity index (χ4v) is 1.49. The van der Waals surface area contributed by atoms with Crippen molar-refractivity contribution in [2.75, 3.05) is 6.61 Å². The van der Waals surface area contributed by atoms with Gasteiger partial charge in [-0.25, -0.2) is 0 Å². The first-order valence-electron chi connectivity index (χ1n) is 3.97. The summed E-state index contributed by atoms with van der Waals surface area (Å²) in [5.74, 6) is 0. The zero-order valence-electron chi connectivity index (χ0n) is 6.94. The largest absolute Gasteiger partial charge is 0.416 e. The fourth-order valence-electron chi connectivity index (χ4n) is 1.19. The minimum absolute atomic E-state index is 0.113. The Morgan fingerprint density at radius 1 is 1.36 bits per heavy atom. The summed E-state index contributed by atoms with van der Waals surface area (Å²) in [4.78, 5) is 0. The van der Waals surface area contributed by atoms with Crippen LogP contribution >= 0.6 is 11.6 Å². The molecule has 0 radical (unpaired) electrons. The highest BCUT2D eigenvalue weighted by Gasteiger charge is 2.33. The molecule has 1 fully saturated rings. The SMILES string of the molecule is FC(F)(F)c1ccc(C2CO2)c(Cl)c1. The van der Waals surface area contributed by atoms with Gasteiger partial charge in [0.2, 0.25) is 0 Å². The van der Waals surface area contributed by atoms with Crippen LogP contribution in [-0.4, -0.2) is 6.61 Å². The van der Waals surface area contributed by atoms with E-state index in [0.717, 1.165) is 12.1 Å². The second kappa shape index (κ2) is 3.14. The molecule has 76 valence electrons. The van der Waals surface area contributed by atoms with Gasteiger partial charge in [0.15, 0.2) is 0 Å². The standard InChI is InChI=1S/C9H6ClF3O/c10-7-3-5(9(11,12)13)1-2-6(7)8-4-14-8/h1-3,8H,4H2. The van der Waals surface area contributed by atoms with Crippen molar-refractivity contribution in [2.24, 2.45) is 0 Å². The number of alkyl halides is 3. The summed E-state index contributed by atoms with van der Waals surface area (Å²) >= 11 is 5.69. The van der Waals surface area contributed by atoms with E-state index in [2.05, 4.69) is 0 Å². The molecule has 0 aromatic heterocycles. The Bertz CT molecular complexity index is 358. The van der Waals surface area contributed by atoms with Gasteiger partial charge in [-0.15, -0.1) is 0 Å². The van der Waals surface area contributed by atoms with Crippen LogP contribution in [0.2, 0.25) is 5.02 Å². The minimum Gasteiger partial charge on any atom is -0.368 e. The summed E-state index contributed by atoms with van der Waals surface area (Å²) in [6.45, 7) is 0.533. The molecule has 1 saturated heterocycles. The van der Waals surface area contributed by atoms with Crippen molar-refractivity contribution >= 4 is 11.6 Å². The molecule has 2 rings (SSSR count). The number of benzene rings is 1. The predicted octanol–water partition coefficient (Wildman–Crippen LogP) is 3.43. The average Bonchev–Trinajstić information content (AvgIpc) is 2.85. The number of hydrogen-bond acceptors (Lipinski definition) is 1. The maximum atomic E-state index is 12.2. The van der Waals surface area contributed by atoms with E-state index in [-0.39, 0.29) is 11.1 Å². The molecule has 1 aromatic carbocycles. The molecule has 1 atom stereocenters. The van der Waals surface area contributed by atoms with Crippen molar-refractivity contribution in [3.63, 3.8) is 0 Å². The third-order valence-electron chi connectivity index (χ3n) is 2.01. The number of rotatable bonds is 1. The van der Waals surface area contributed by atoms with Crippen LogP contribution in [0.4, 0.5) is 13.2 Å². The molecule has 0 saturated carbocycles. The number of halogens is 4. The van der Waals surface area contributed by atoms with Gasteiger partial charge in [-0.1, -0.05) is 17.7 Å². The van der Waals surface area contributed by atoms with Crippen LogP contribution in [0, 0.1) is 0 Å². The van der Waals surface area contributed by atoms with E-state index in [1.807, 2.05) is 0 Å². The lowest BCUT2D eigenvalue weighted by Crippen LogP contribution is -2.04. The van der Waals surface area contributed by atoms with Crippen LogP contribution in [-0.2, 0) is 10.9 Å². The van der Waals surface area contributed by atoms with E-state index >= 15 is 0 Å². The zero-order chi connectivity index (χ0) is 10.3. The lowest BCUT2D eigenvalue weighted by molar-refractivity contribution is -0.137. The van der Waals surface area contributed by atoms with Gasteiger partial charge in [0, 0.05) is 10.6 Å². The van der Waals surface area contributed by atoms with E-state index in [4.69, 9.17) is 16.3 Å². The molecule has 14 heavy (non-hydrogen) atoms. The van der Waals surface area contributed by atoms with Crippen LogP contribution in [0.25, 0.3) is 0 Å². The van der Waals surface area contributed by atoms with E-state index in [1.165, 1.54) is 6.07 Å². The highest BCUT2D eigenvalue weighted by Crippen LogP contribution is 2.38. The Kier molecular flexibility index (Phi) is 2.20. The molecule has 0 bridgehead atoms. The predicted molar refractivity (Wildman–Crippen MR) is 45.1 cm³/mol. The Morgan fingerprint density at radius 2 is 2.00 bits per heavy atom. The molecule has 1 aliphatic heterocycles. The lowest BCUT2D eigenvalue weighted by Gasteiger charge is -2.08. The first-order valence-corrected chi connectivity index (χ1v) is 4.34. The van der Waals surface area contributed by atoms with Crippen LogP contribution in [0.5, 0.6) is 0 Å². The summed E-state index contributed by atoms with van der Waals surface area (Å²) in [6.07, 6.45) is -4.46. The fraction of sp³-hybridized carbons (Fsp3) is 0.333. The molecule has 1 aromatic rings. The van der Waals surface area contributed by atoms with Crippen molar-refractivity contribution in [1.29, 1.82) is 0 Å². The molecule has 0 spiro atoms. The van der Waals surface area contributed by atoms with Crippen LogP contribution < -0.4 is 0 Å². The summed E-state index contributed by atoms with van der Waals surface area (Å²) < 4.78 is 41.6. The molecular weight excluding hydrogens is 217 g/mol. The zero-order valence-corrected chi connectivity index (χ0v) is 7.69. The molecule has 1 heterocycles. The van der Waals surface area contributed by atoms with Gasteiger partial charge in [0.1, 0.15) is 6.10 Å². The first kappa shape index (κ1) is 9.80. The normalized spacial score (nSPS) is 21.0. The molecule has 5 heteroatoms. The third-order valence-corrected chi connectivity index (χ3v) is 2.34. The monoisotopic (exact) mass is 222 g/mol. The minimum atomic E-state index is -4.34. The van der Waals surface area contributed by atoms with Crippen molar-refractivity contribution in [3.05, 3.63) is 34.3 Å². The molecule has 1 unspecified atom stereocenters. The van der Waals surface area contributed by atoms with Crippen LogP contribution in [0.15, 0.2) is 18.2 Å². The maximum Gasteiger partial charge on any atom is 0.416 e. The number of epoxide rings is 1. The Labute approximate surface area is 83.4 Å².